The Bertz CT molecular complexity index is 1030. The Kier molecular flexibility index (Phi) is 4.47. The molecule has 0 saturated heterocycles. The molecule has 3 rings (SSSR count). The van der Waals surface area contributed by atoms with Crippen molar-refractivity contribution >= 4 is 47.1 Å². The zero-order valence-corrected chi connectivity index (χ0v) is 15.8. The molecule has 0 radical (unpaired) electrons. The van der Waals surface area contributed by atoms with Gasteiger partial charge < -0.3 is 10.1 Å². The lowest BCUT2D eigenvalue weighted by atomic mass is 10.2. The van der Waals surface area contributed by atoms with E-state index in [4.69, 9.17) is 29.1 Å². The van der Waals surface area contributed by atoms with Gasteiger partial charge in [0.2, 0.25) is 0 Å². The molecule has 2 aromatic carbocycles. The number of nitrogens with zero attached hydrogens (tertiary/aromatic N) is 1. The second-order valence-electron chi connectivity index (χ2n) is 6.20. The molecule has 0 aliphatic rings. The third kappa shape index (κ3) is 3.51. The normalized spacial score (nSPS) is 11.8. The smallest absolute Gasteiger partial charge is 0.335 e. The molecular weight excluding hydrogens is 359 g/mol. The Morgan fingerprint density at radius 1 is 1.21 bits per heavy atom. The van der Waals surface area contributed by atoms with Gasteiger partial charge in [0.05, 0.1) is 16.6 Å². The third-order valence-corrected chi connectivity index (χ3v) is 5.48. The average Bonchev–Trinajstić information content (AvgIpc) is 2.81. The van der Waals surface area contributed by atoms with E-state index in [1.807, 2.05) is 10.6 Å². The van der Waals surface area contributed by atoms with Crippen LogP contribution in [-0.2, 0) is 18.0 Å². The molecule has 4 nitrogen and oxygen atoms in total. The molecule has 0 saturated carbocycles. The monoisotopic (exact) mass is 376 g/mol. The van der Waals surface area contributed by atoms with Crippen LogP contribution in [0.3, 0.4) is 0 Å². The number of carbonyl (C=O) groups is 1. The molecule has 0 atom stereocenters. The third-order valence-electron chi connectivity index (χ3n) is 3.68. The highest BCUT2D eigenvalue weighted by molar-refractivity contribution is 8.13. The number of hydrogen-bond donors (Lipinski definition) is 2. The molecule has 0 bridgehead atoms. The number of rotatable bonds is 4. The van der Waals surface area contributed by atoms with E-state index in [0.29, 0.717) is 4.77 Å². The standard InChI is InChI=1S/C17H17N2O2PS2/c1-22(2,24)10-11-3-8-14-15(9-11)19(17(23)18-14)13-6-4-12(5-7-13)16(20)21/h3-9H,10H2,1-2H3,(H,18,23)(H,20,21). The number of fused-ring (bicyclic) bond motifs is 1. The van der Waals surface area contributed by atoms with Gasteiger partial charge in [-0.1, -0.05) is 17.9 Å². The Morgan fingerprint density at radius 3 is 2.46 bits per heavy atom. The van der Waals surface area contributed by atoms with Crippen LogP contribution in [0, 0.1) is 4.77 Å². The van der Waals surface area contributed by atoms with Gasteiger partial charge in [-0.3, -0.25) is 4.57 Å². The lowest BCUT2D eigenvalue weighted by Gasteiger charge is -2.11. The first-order valence-electron chi connectivity index (χ1n) is 7.36. The van der Waals surface area contributed by atoms with Crippen LogP contribution in [-0.4, -0.2) is 34.0 Å². The molecule has 3 aromatic rings. The number of H-pyrrole nitrogens is 1. The molecule has 0 aliphatic heterocycles. The van der Waals surface area contributed by atoms with Crippen LogP contribution in [0.5, 0.6) is 0 Å². The van der Waals surface area contributed by atoms with Gasteiger partial charge in [0.25, 0.3) is 0 Å². The molecule has 0 spiro atoms. The van der Waals surface area contributed by atoms with Gasteiger partial charge in [-0.15, -0.1) is 0 Å². The summed E-state index contributed by atoms with van der Waals surface area (Å²) in [5.41, 5.74) is 4.21. The highest BCUT2D eigenvalue weighted by Gasteiger charge is 2.11. The molecule has 0 fully saturated rings. The van der Waals surface area contributed by atoms with Crippen molar-refractivity contribution in [2.45, 2.75) is 6.16 Å². The fourth-order valence-corrected chi connectivity index (χ4v) is 4.53. The number of imidazole rings is 1. The van der Waals surface area contributed by atoms with Crippen molar-refractivity contribution in [3.63, 3.8) is 0 Å². The van der Waals surface area contributed by atoms with Gasteiger partial charge in [0.15, 0.2) is 4.77 Å². The van der Waals surface area contributed by atoms with Crippen molar-refractivity contribution < 1.29 is 9.90 Å². The molecule has 2 N–H and O–H groups in total. The fraction of sp³-hybridized carbons (Fsp3) is 0.176. The molecule has 0 aliphatic carbocycles. The van der Waals surface area contributed by atoms with Crippen molar-refractivity contribution in [3.05, 3.63) is 58.4 Å². The van der Waals surface area contributed by atoms with Crippen LogP contribution >= 0.6 is 18.3 Å². The fourth-order valence-electron chi connectivity index (χ4n) is 2.70. The summed E-state index contributed by atoms with van der Waals surface area (Å²) < 4.78 is 2.51. The van der Waals surface area contributed by atoms with Crippen molar-refractivity contribution in [2.75, 3.05) is 13.3 Å². The maximum absolute atomic E-state index is 11.0. The molecule has 7 heteroatoms. The minimum atomic E-state index is -1.34. The molecule has 0 unspecified atom stereocenters. The number of carboxylic acids is 1. The molecular formula is C17H17N2O2PS2. The number of hydrogen-bond acceptors (Lipinski definition) is 3. The van der Waals surface area contributed by atoms with Crippen molar-refractivity contribution in [1.29, 1.82) is 0 Å². The summed E-state index contributed by atoms with van der Waals surface area (Å²) in [6, 6.07) is 11.6. The Balaban J connectivity index is 2.14. The number of benzene rings is 2. The number of carboxylic acid groups (broad SMARTS) is 1. The quantitative estimate of drug-likeness (QED) is 0.515. The minimum Gasteiger partial charge on any atom is -0.478 e. The van der Waals surface area contributed by atoms with Gasteiger partial charge >= 0.3 is 5.97 Å². The predicted octanol–water partition coefficient (Wildman–Crippen LogP) is 4.63. The summed E-state index contributed by atoms with van der Waals surface area (Å²) in [7, 11) is 0. The van der Waals surface area contributed by atoms with Gasteiger partial charge in [0, 0.05) is 11.8 Å². The summed E-state index contributed by atoms with van der Waals surface area (Å²) in [4.78, 5) is 14.2. The molecule has 1 aromatic heterocycles. The van der Waals surface area contributed by atoms with Gasteiger partial charge in [-0.2, -0.15) is 0 Å². The van der Waals surface area contributed by atoms with E-state index in [2.05, 4.69) is 30.4 Å². The SMILES string of the molecule is CP(C)(=S)Cc1ccc2[nH]c(=S)n(-c3ccc(C(=O)O)cc3)c2c1. The van der Waals surface area contributed by atoms with Crippen molar-refractivity contribution in [1.82, 2.24) is 9.55 Å². The largest absolute Gasteiger partial charge is 0.478 e. The van der Waals surface area contributed by atoms with E-state index in [1.165, 1.54) is 5.56 Å². The highest BCUT2D eigenvalue weighted by Crippen LogP contribution is 2.41. The van der Waals surface area contributed by atoms with Gasteiger partial charge in [0.1, 0.15) is 0 Å². The van der Waals surface area contributed by atoms with E-state index in [9.17, 15) is 4.79 Å². The van der Waals surface area contributed by atoms with Crippen LogP contribution in [0.15, 0.2) is 42.5 Å². The van der Waals surface area contributed by atoms with Crippen molar-refractivity contribution in [2.24, 2.45) is 0 Å². The topological polar surface area (TPSA) is 58.0 Å². The Labute approximate surface area is 150 Å². The maximum atomic E-state index is 11.0. The predicted molar refractivity (Wildman–Crippen MR) is 105 cm³/mol. The number of aromatic amines is 1. The zero-order chi connectivity index (χ0) is 17.5. The number of aromatic carboxylic acids is 1. The Morgan fingerprint density at radius 2 is 1.88 bits per heavy atom. The number of aromatic nitrogens is 2. The lowest BCUT2D eigenvalue weighted by Crippen LogP contribution is -1.98. The highest BCUT2D eigenvalue weighted by atomic mass is 32.4. The first kappa shape index (κ1) is 17.1. The van der Waals surface area contributed by atoms with Crippen LogP contribution < -0.4 is 0 Å². The molecule has 0 amide bonds. The van der Waals surface area contributed by atoms with E-state index in [0.717, 1.165) is 22.9 Å². The van der Waals surface area contributed by atoms with E-state index >= 15 is 0 Å². The summed E-state index contributed by atoms with van der Waals surface area (Å²) in [5, 5.41) is 9.04. The summed E-state index contributed by atoms with van der Waals surface area (Å²) in [5.74, 6) is -0.942. The second kappa shape index (κ2) is 6.28. The van der Waals surface area contributed by atoms with E-state index in [-0.39, 0.29) is 5.56 Å². The van der Waals surface area contributed by atoms with Crippen LogP contribution in [0.2, 0.25) is 0 Å². The first-order valence-corrected chi connectivity index (χ1v) is 11.6. The zero-order valence-electron chi connectivity index (χ0n) is 13.3. The maximum Gasteiger partial charge on any atom is 0.335 e. The van der Waals surface area contributed by atoms with Crippen LogP contribution in [0.4, 0.5) is 0 Å². The van der Waals surface area contributed by atoms with Gasteiger partial charge in [-0.05, 0) is 73.5 Å². The second-order valence-corrected chi connectivity index (χ2v) is 13.0. The summed E-state index contributed by atoms with van der Waals surface area (Å²) in [6.07, 6.45) is 0.897. The first-order chi connectivity index (χ1) is 11.2. The molecule has 24 heavy (non-hydrogen) atoms. The summed E-state index contributed by atoms with van der Waals surface area (Å²) >= 11 is 11.0. The summed E-state index contributed by atoms with van der Waals surface area (Å²) in [6.45, 7) is 4.28. The van der Waals surface area contributed by atoms with Crippen LogP contribution in [0.25, 0.3) is 16.7 Å². The molecule has 124 valence electrons. The average molecular weight is 376 g/mol. The van der Waals surface area contributed by atoms with E-state index in [1.54, 1.807) is 24.3 Å². The van der Waals surface area contributed by atoms with Gasteiger partial charge in [-0.25, -0.2) is 4.79 Å². The minimum absolute atomic E-state index is 0.253. The van der Waals surface area contributed by atoms with Crippen LogP contribution in [0.1, 0.15) is 15.9 Å². The lowest BCUT2D eigenvalue weighted by molar-refractivity contribution is 0.0697. The number of nitrogens with one attached hydrogen (secondary N) is 1. The van der Waals surface area contributed by atoms with E-state index < -0.39 is 12.0 Å². The van der Waals surface area contributed by atoms with Crippen molar-refractivity contribution in [3.8, 4) is 5.69 Å². The molecule has 1 heterocycles. The Hall–Kier alpha value is -1.75.